The van der Waals surface area contributed by atoms with E-state index >= 15 is 0 Å². The number of aromatic hydroxyl groups is 1. The van der Waals surface area contributed by atoms with Crippen molar-refractivity contribution in [2.45, 2.75) is 13.0 Å². The standard InChI is InChI=1S/C9H13FN2O.ClH/c1-5-2-3-6(10)8(9(5)13)7(12)4-11;/h2-3,7,13H,4,11-12H2,1H3;1H/t7-;/m0./s1. The quantitative estimate of drug-likeness (QED) is 0.702. The van der Waals surface area contributed by atoms with Gasteiger partial charge >= 0.3 is 0 Å². The average molecular weight is 221 g/mol. The molecule has 1 aromatic rings. The molecule has 0 spiro atoms. The van der Waals surface area contributed by atoms with Crippen molar-refractivity contribution in [3.05, 3.63) is 29.1 Å². The topological polar surface area (TPSA) is 72.3 Å². The minimum Gasteiger partial charge on any atom is -0.507 e. The van der Waals surface area contributed by atoms with Gasteiger partial charge in [0.1, 0.15) is 11.6 Å². The molecule has 0 saturated carbocycles. The molecule has 5 heteroatoms. The van der Waals surface area contributed by atoms with Crippen molar-refractivity contribution < 1.29 is 9.50 Å². The smallest absolute Gasteiger partial charge is 0.131 e. The number of phenols is 1. The summed E-state index contributed by atoms with van der Waals surface area (Å²) in [5, 5.41) is 9.50. The first-order valence-corrected chi connectivity index (χ1v) is 4.01. The molecule has 80 valence electrons. The molecule has 0 heterocycles. The van der Waals surface area contributed by atoms with E-state index in [-0.39, 0.29) is 30.3 Å². The Kier molecular flexibility index (Phi) is 4.83. The highest BCUT2D eigenvalue weighted by molar-refractivity contribution is 5.85. The van der Waals surface area contributed by atoms with Crippen LogP contribution in [0.3, 0.4) is 0 Å². The number of halogens is 2. The van der Waals surface area contributed by atoms with Crippen molar-refractivity contribution in [3.8, 4) is 5.75 Å². The zero-order valence-corrected chi connectivity index (χ0v) is 8.64. The van der Waals surface area contributed by atoms with Crippen LogP contribution >= 0.6 is 12.4 Å². The van der Waals surface area contributed by atoms with E-state index in [1.165, 1.54) is 12.1 Å². The Hall–Kier alpha value is -0.840. The van der Waals surface area contributed by atoms with Crippen LogP contribution in [0.25, 0.3) is 0 Å². The summed E-state index contributed by atoms with van der Waals surface area (Å²) in [7, 11) is 0. The van der Waals surface area contributed by atoms with Gasteiger partial charge in [0.25, 0.3) is 0 Å². The lowest BCUT2D eigenvalue weighted by Crippen LogP contribution is -2.22. The van der Waals surface area contributed by atoms with E-state index in [0.717, 1.165) is 0 Å². The monoisotopic (exact) mass is 220 g/mol. The number of hydrogen-bond donors (Lipinski definition) is 3. The second-order valence-electron chi connectivity index (χ2n) is 2.97. The van der Waals surface area contributed by atoms with Crippen LogP contribution in [0.1, 0.15) is 17.2 Å². The molecular formula is C9H14ClFN2O. The molecule has 1 aromatic carbocycles. The predicted octanol–water partition coefficient (Wildman–Crippen LogP) is 1.22. The van der Waals surface area contributed by atoms with Crippen LogP contribution in [0.4, 0.5) is 4.39 Å². The van der Waals surface area contributed by atoms with Gasteiger partial charge in [-0.25, -0.2) is 4.39 Å². The highest BCUT2D eigenvalue weighted by atomic mass is 35.5. The molecule has 1 atom stereocenters. The SMILES string of the molecule is Cc1ccc(F)c([C@@H](N)CN)c1O.Cl. The molecule has 0 radical (unpaired) electrons. The Bertz CT molecular complexity index is 320. The third-order valence-corrected chi connectivity index (χ3v) is 1.99. The normalized spacial score (nSPS) is 12.0. The molecule has 0 saturated heterocycles. The number of benzene rings is 1. The zero-order chi connectivity index (χ0) is 10.0. The molecular weight excluding hydrogens is 207 g/mol. The molecule has 0 amide bonds. The molecule has 0 aliphatic rings. The molecule has 14 heavy (non-hydrogen) atoms. The summed E-state index contributed by atoms with van der Waals surface area (Å²) in [5.41, 5.74) is 11.5. The van der Waals surface area contributed by atoms with Gasteiger partial charge in [-0.3, -0.25) is 0 Å². The van der Waals surface area contributed by atoms with Crippen molar-refractivity contribution in [2.75, 3.05) is 6.54 Å². The average Bonchev–Trinajstić information content (AvgIpc) is 2.12. The van der Waals surface area contributed by atoms with Crippen LogP contribution in [-0.2, 0) is 0 Å². The maximum Gasteiger partial charge on any atom is 0.131 e. The first-order valence-electron chi connectivity index (χ1n) is 4.01. The van der Waals surface area contributed by atoms with Gasteiger partial charge in [0.05, 0.1) is 0 Å². The Labute approximate surface area is 88.3 Å². The van der Waals surface area contributed by atoms with Crippen molar-refractivity contribution >= 4 is 12.4 Å². The van der Waals surface area contributed by atoms with Gasteiger partial charge in [-0.15, -0.1) is 12.4 Å². The van der Waals surface area contributed by atoms with Crippen molar-refractivity contribution in [3.63, 3.8) is 0 Å². The Balaban J connectivity index is 0.00000169. The van der Waals surface area contributed by atoms with Crippen LogP contribution in [-0.4, -0.2) is 11.7 Å². The minimum atomic E-state index is -0.653. The van der Waals surface area contributed by atoms with E-state index < -0.39 is 11.9 Å². The highest BCUT2D eigenvalue weighted by Gasteiger charge is 2.16. The fraction of sp³-hybridized carbons (Fsp3) is 0.333. The summed E-state index contributed by atoms with van der Waals surface area (Å²) in [6, 6.07) is 2.12. The zero-order valence-electron chi connectivity index (χ0n) is 7.83. The number of phenolic OH excluding ortho intramolecular Hbond substituents is 1. The number of aryl methyl sites for hydroxylation is 1. The minimum absolute atomic E-state index is 0. The van der Waals surface area contributed by atoms with E-state index in [4.69, 9.17) is 11.5 Å². The van der Waals surface area contributed by atoms with Gasteiger partial charge < -0.3 is 16.6 Å². The van der Waals surface area contributed by atoms with Crippen LogP contribution in [0.15, 0.2) is 12.1 Å². The van der Waals surface area contributed by atoms with Crippen molar-refractivity contribution in [1.29, 1.82) is 0 Å². The van der Waals surface area contributed by atoms with Gasteiger partial charge in [0.2, 0.25) is 0 Å². The van der Waals surface area contributed by atoms with Crippen LogP contribution in [0.2, 0.25) is 0 Å². The lowest BCUT2D eigenvalue weighted by atomic mass is 10.0. The summed E-state index contributed by atoms with van der Waals surface area (Å²) < 4.78 is 13.2. The van der Waals surface area contributed by atoms with Gasteiger partial charge in [-0.05, 0) is 18.6 Å². The second kappa shape index (κ2) is 5.14. The first-order chi connectivity index (χ1) is 6.07. The highest BCUT2D eigenvalue weighted by Crippen LogP contribution is 2.28. The molecule has 0 aliphatic heterocycles. The molecule has 0 aliphatic carbocycles. The van der Waals surface area contributed by atoms with E-state index in [1.807, 2.05) is 0 Å². The number of hydrogen-bond acceptors (Lipinski definition) is 3. The van der Waals surface area contributed by atoms with Crippen molar-refractivity contribution in [1.82, 2.24) is 0 Å². The van der Waals surface area contributed by atoms with Crippen LogP contribution in [0.5, 0.6) is 5.75 Å². The summed E-state index contributed by atoms with van der Waals surface area (Å²) in [6.45, 7) is 1.79. The first kappa shape index (κ1) is 13.2. The predicted molar refractivity (Wildman–Crippen MR) is 56.0 cm³/mol. The van der Waals surface area contributed by atoms with E-state index in [2.05, 4.69) is 0 Å². The van der Waals surface area contributed by atoms with Gasteiger partial charge in [0, 0.05) is 18.2 Å². The summed E-state index contributed by atoms with van der Waals surface area (Å²) >= 11 is 0. The third kappa shape index (κ3) is 2.35. The molecule has 0 unspecified atom stereocenters. The van der Waals surface area contributed by atoms with Crippen LogP contribution < -0.4 is 11.5 Å². The van der Waals surface area contributed by atoms with Gasteiger partial charge in [-0.2, -0.15) is 0 Å². The molecule has 0 aromatic heterocycles. The number of nitrogens with two attached hydrogens (primary N) is 2. The Morgan fingerprint density at radius 2 is 2.07 bits per heavy atom. The van der Waals surface area contributed by atoms with E-state index in [1.54, 1.807) is 6.92 Å². The van der Waals surface area contributed by atoms with Gasteiger partial charge in [0.15, 0.2) is 0 Å². The molecule has 3 nitrogen and oxygen atoms in total. The maximum absolute atomic E-state index is 13.2. The van der Waals surface area contributed by atoms with Crippen molar-refractivity contribution in [2.24, 2.45) is 11.5 Å². The molecule has 0 bridgehead atoms. The van der Waals surface area contributed by atoms with E-state index in [9.17, 15) is 9.50 Å². The Morgan fingerprint density at radius 3 is 2.57 bits per heavy atom. The summed E-state index contributed by atoms with van der Waals surface area (Å²) in [4.78, 5) is 0. The third-order valence-electron chi connectivity index (χ3n) is 1.99. The largest absolute Gasteiger partial charge is 0.507 e. The van der Waals surface area contributed by atoms with Gasteiger partial charge in [-0.1, -0.05) is 6.07 Å². The Morgan fingerprint density at radius 1 is 1.50 bits per heavy atom. The number of rotatable bonds is 2. The molecule has 1 rings (SSSR count). The summed E-state index contributed by atoms with van der Waals surface area (Å²) in [6.07, 6.45) is 0. The second-order valence-corrected chi connectivity index (χ2v) is 2.97. The molecule has 0 fully saturated rings. The van der Waals surface area contributed by atoms with Crippen LogP contribution in [0, 0.1) is 12.7 Å². The maximum atomic E-state index is 13.2. The lowest BCUT2D eigenvalue weighted by Gasteiger charge is -2.13. The molecule has 5 N–H and O–H groups in total. The fourth-order valence-electron chi connectivity index (χ4n) is 1.16. The lowest BCUT2D eigenvalue weighted by molar-refractivity contribution is 0.445. The summed E-state index contributed by atoms with van der Waals surface area (Å²) in [5.74, 6) is -0.612. The van der Waals surface area contributed by atoms with E-state index in [0.29, 0.717) is 5.56 Å². The fourth-order valence-corrected chi connectivity index (χ4v) is 1.16.